The molecule has 0 unspecified atom stereocenters. The average molecular weight is 306 g/mol. The van der Waals surface area contributed by atoms with Gasteiger partial charge in [0.2, 0.25) is 11.8 Å². The van der Waals surface area contributed by atoms with Crippen molar-refractivity contribution in [2.45, 2.75) is 40.7 Å². The van der Waals surface area contributed by atoms with E-state index in [1.165, 1.54) is 0 Å². The van der Waals surface area contributed by atoms with Crippen molar-refractivity contribution in [1.29, 1.82) is 0 Å². The molecule has 122 valence electrons. The molecule has 1 rings (SSSR count). The molecule has 1 aromatic rings. The van der Waals surface area contributed by atoms with Crippen LogP contribution in [0.3, 0.4) is 0 Å². The zero-order chi connectivity index (χ0) is 16.8. The quantitative estimate of drug-likeness (QED) is 0.845. The van der Waals surface area contributed by atoms with Gasteiger partial charge in [0.25, 0.3) is 0 Å². The van der Waals surface area contributed by atoms with E-state index in [1.807, 2.05) is 38.1 Å². The number of aryl methyl sites for hydroxylation is 1. The molecule has 5 heteroatoms. The van der Waals surface area contributed by atoms with Gasteiger partial charge in [-0.2, -0.15) is 0 Å². The summed E-state index contributed by atoms with van der Waals surface area (Å²) >= 11 is 0. The summed E-state index contributed by atoms with van der Waals surface area (Å²) in [7, 11) is 0. The van der Waals surface area contributed by atoms with Gasteiger partial charge in [0, 0.05) is 5.41 Å². The predicted molar refractivity (Wildman–Crippen MR) is 86.7 cm³/mol. The fourth-order valence-electron chi connectivity index (χ4n) is 1.69. The van der Waals surface area contributed by atoms with E-state index in [0.29, 0.717) is 6.54 Å². The molecule has 0 saturated carbocycles. The van der Waals surface area contributed by atoms with Gasteiger partial charge >= 0.3 is 0 Å². The Morgan fingerprint density at radius 2 is 1.82 bits per heavy atom. The molecule has 2 N–H and O–H groups in total. The second-order valence-electron chi connectivity index (χ2n) is 6.43. The van der Waals surface area contributed by atoms with Crippen molar-refractivity contribution in [3.8, 4) is 5.75 Å². The molecule has 0 aliphatic carbocycles. The first-order valence-corrected chi connectivity index (χ1v) is 7.47. The molecular weight excluding hydrogens is 280 g/mol. The SMILES string of the molecule is Cc1ccccc1O[C@@H](C)CNC(=O)CNC(=O)C(C)(C)C. The minimum atomic E-state index is -0.498. The van der Waals surface area contributed by atoms with Crippen LogP contribution in [-0.2, 0) is 9.59 Å². The maximum atomic E-state index is 11.7. The van der Waals surface area contributed by atoms with Gasteiger partial charge < -0.3 is 15.4 Å². The number of nitrogens with one attached hydrogen (secondary N) is 2. The summed E-state index contributed by atoms with van der Waals surface area (Å²) < 4.78 is 5.77. The molecule has 0 spiro atoms. The molecule has 22 heavy (non-hydrogen) atoms. The highest BCUT2D eigenvalue weighted by Crippen LogP contribution is 2.17. The van der Waals surface area contributed by atoms with Crippen LogP contribution >= 0.6 is 0 Å². The molecule has 0 heterocycles. The Labute approximate surface area is 132 Å². The van der Waals surface area contributed by atoms with Crippen molar-refractivity contribution in [3.63, 3.8) is 0 Å². The van der Waals surface area contributed by atoms with Crippen LogP contribution in [0.1, 0.15) is 33.3 Å². The maximum absolute atomic E-state index is 11.7. The van der Waals surface area contributed by atoms with Crippen LogP contribution in [0.2, 0.25) is 0 Å². The van der Waals surface area contributed by atoms with E-state index in [1.54, 1.807) is 20.8 Å². The summed E-state index contributed by atoms with van der Waals surface area (Å²) in [6, 6.07) is 7.74. The minimum Gasteiger partial charge on any atom is -0.489 e. The van der Waals surface area contributed by atoms with E-state index >= 15 is 0 Å². The standard InChI is InChI=1S/C17H26N2O3/c1-12-8-6-7-9-14(12)22-13(2)10-18-15(20)11-19-16(21)17(3,4)5/h6-9,13H,10-11H2,1-5H3,(H,18,20)(H,19,21)/t13-/m0/s1. The summed E-state index contributed by atoms with van der Waals surface area (Å²) in [6.45, 7) is 9.64. The Kier molecular flexibility index (Phi) is 6.40. The Morgan fingerprint density at radius 3 is 2.41 bits per heavy atom. The number of carbonyl (C=O) groups is 2. The Hall–Kier alpha value is -2.04. The van der Waals surface area contributed by atoms with Gasteiger partial charge in [-0.05, 0) is 25.5 Å². The first-order valence-electron chi connectivity index (χ1n) is 7.47. The van der Waals surface area contributed by atoms with Crippen LogP contribution in [0.25, 0.3) is 0 Å². The molecule has 2 amide bonds. The van der Waals surface area contributed by atoms with Crippen LogP contribution in [0.4, 0.5) is 0 Å². The van der Waals surface area contributed by atoms with Crippen LogP contribution in [0.5, 0.6) is 5.75 Å². The van der Waals surface area contributed by atoms with E-state index < -0.39 is 5.41 Å². The second kappa shape index (κ2) is 7.82. The molecule has 0 aliphatic rings. The maximum Gasteiger partial charge on any atom is 0.239 e. The molecule has 0 aromatic heterocycles. The highest BCUT2D eigenvalue weighted by atomic mass is 16.5. The number of hydrogen-bond donors (Lipinski definition) is 2. The van der Waals surface area contributed by atoms with Gasteiger partial charge in [-0.15, -0.1) is 0 Å². The van der Waals surface area contributed by atoms with Gasteiger partial charge in [0.1, 0.15) is 11.9 Å². The third-order valence-corrected chi connectivity index (χ3v) is 3.10. The summed E-state index contributed by atoms with van der Waals surface area (Å²) in [5, 5.41) is 5.36. The van der Waals surface area contributed by atoms with E-state index in [4.69, 9.17) is 4.74 Å². The zero-order valence-corrected chi connectivity index (χ0v) is 14.0. The smallest absolute Gasteiger partial charge is 0.239 e. The summed E-state index contributed by atoms with van der Waals surface area (Å²) in [5.74, 6) is 0.440. The highest BCUT2D eigenvalue weighted by Gasteiger charge is 2.21. The molecule has 1 atom stereocenters. The first kappa shape index (κ1) is 18.0. The number of para-hydroxylation sites is 1. The van der Waals surface area contributed by atoms with Crippen molar-refractivity contribution < 1.29 is 14.3 Å². The lowest BCUT2D eigenvalue weighted by Crippen LogP contribution is -2.43. The average Bonchev–Trinajstić information content (AvgIpc) is 2.44. The lowest BCUT2D eigenvalue weighted by molar-refractivity contribution is -0.131. The van der Waals surface area contributed by atoms with E-state index in [0.717, 1.165) is 11.3 Å². The molecule has 0 bridgehead atoms. The van der Waals surface area contributed by atoms with E-state index in [-0.39, 0.29) is 24.5 Å². The Morgan fingerprint density at radius 1 is 1.18 bits per heavy atom. The number of rotatable bonds is 6. The molecule has 0 saturated heterocycles. The summed E-state index contributed by atoms with van der Waals surface area (Å²) in [6.07, 6.45) is -0.150. The van der Waals surface area contributed by atoms with Crippen LogP contribution < -0.4 is 15.4 Å². The van der Waals surface area contributed by atoms with Crippen molar-refractivity contribution in [2.24, 2.45) is 5.41 Å². The van der Waals surface area contributed by atoms with Crippen molar-refractivity contribution in [2.75, 3.05) is 13.1 Å². The van der Waals surface area contributed by atoms with Gasteiger partial charge in [-0.1, -0.05) is 39.0 Å². The van der Waals surface area contributed by atoms with Crippen LogP contribution in [0.15, 0.2) is 24.3 Å². The van der Waals surface area contributed by atoms with Crippen LogP contribution in [0, 0.1) is 12.3 Å². The molecule has 0 fully saturated rings. The lowest BCUT2D eigenvalue weighted by Gasteiger charge is -2.19. The van der Waals surface area contributed by atoms with Gasteiger partial charge in [-0.25, -0.2) is 0 Å². The van der Waals surface area contributed by atoms with Gasteiger partial charge in [-0.3, -0.25) is 9.59 Å². The molecule has 1 aromatic carbocycles. The number of hydrogen-bond acceptors (Lipinski definition) is 3. The van der Waals surface area contributed by atoms with E-state index in [2.05, 4.69) is 10.6 Å². The lowest BCUT2D eigenvalue weighted by atomic mass is 9.96. The van der Waals surface area contributed by atoms with Crippen molar-refractivity contribution >= 4 is 11.8 Å². The molecule has 0 radical (unpaired) electrons. The first-order chi connectivity index (χ1) is 10.2. The largest absolute Gasteiger partial charge is 0.489 e. The summed E-state index contributed by atoms with van der Waals surface area (Å²) in [4.78, 5) is 23.4. The third-order valence-electron chi connectivity index (χ3n) is 3.10. The monoisotopic (exact) mass is 306 g/mol. The molecule has 0 aliphatic heterocycles. The molecule has 5 nitrogen and oxygen atoms in total. The molecular formula is C17H26N2O3. The Balaban J connectivity index is 2.32. The number of carbonyl (C=O) groups excluding carboxylic acids is 2. The fraction of sp³-hybridized carbons (Fsp3) is 0.529. The predicted octanol–water partition coefficient (Wildman–Crippen LogP) is 2.04. The topological polar surface area (TPSA) is 67.4 Å². The van der Waals surface area contributed by atoms with Gasteiger partial charge in [0.05, 0.1) is 13.1 Å². The van der Waals surface area contributed by atoms with Crippen molar-refractivity contribution in [1.82, 2.24) is 10.6 Å². The number of benzene rings is 1. The van der Waals surface area contributed by atoms with Gasteiger partial charge in [0.15, 0.2) is 0 Å². The Bertz CT molecular complexity index is 521. The zero-order valence-electron chi connectivity index (χ0n) is 14.0. The van der Waals surface area contributed by atoms with E-state index in [9.17, 15) is 9.59 Å². The second-order valence-corrected chi connectivity index (χ2v) is 6.43. The normalized spacial score (nSPS) is 12.4. The number of amides is 2. The highest BCUT2D eigenvalue weighted by molar-refractivity contribution is 5.87. The minimum absolute atomic E-state index is 0.0206. The summed E-state index contributed by atoms with van der Waals surface area (Å²) in [5.41, 5.74) is 0.555. The van der Waals surface area contributed by atoms with Crippen LogP contribution in [-0.4, -0.2) is 31.0 Å². The third kappa shape index (κ3) is 6.16. The fourth-order valence-corrected chi connectivity index (χ4v) is 1.69. The number of ether oxygens (including phenoxy) is 1. The van der Waals surface area contributed by atoms with Crippen molar-refractivity contribution in [3.05, 3.63) is 29.8 Å².